The molecule has 0 saturated carbocycles. The maximum absolute atomic E-state index is 12.3. The zero-order chi connectivity index (χ0) is 19.3. The molecule has 140 valence electrons. The summed E-state index contributed by atoms with van der Waals surface area (Å²) in [5, 5.41) is 6.48. The Morgan fingerprint density at radius 2 is 1.92 bits per heavy atom. The van der Waals surface area contributed by atoms with Crippen LogP contribution in [0.25, 0.3) is 0 Å². The highest BCUT2D eigenvalue weighted by atomic mass is 16.5. The minimum Gasteiger partial charge on any atom is -0.493 e. The van der Waals surface area contributed by atoms with Crippen molar-refractivity contribution in [2.24, 2.45) is 0 Å². The number of aromatic nitrogens is 1. The van der Waals surface area contributed by atoms with Gasteiger partial charge in [0.2, 0.25) is 0 Å². The SMILES string of the molecule is CCc1noc(C)c1C(=O)O[C@H](C)C(=O)Nc1ccc(OC)c(OC)c1. The molecule has 1 heterocycles. The summed E-state index contributed by atoms with van der Waals surface area (Å²) in [7, 11) is 3.02. The largest absolute Gasteiger partial charge is 0.493 e. The van der Waals surface area contributed by atoms with E-state index in [0.29, 0.717) is 35.1 Å². The number of ether oxygens (including phenoxy) is 3. The van der Waals surface area contributed by atoms with Gasteiger partial charge in [-0.05, 0) is 32.4 Å². The van der Waals surface area contributed by atoms with E-state index in [4.69, 9.17) is 18.7 Å². The van der Waals surface area contributed by atoms with E-state index >= 15 is 0 Å². The van der Waals surface area contributed by atoms with Gasteiger partial charge >= 0.3 is 5.97 Å². The Hall–Kier alpha value is -3.03. The van der Waals surface area contributed by atoms with Crippen LogP contribution in [0.5, 0.6) is 11.5 Å². The number of nitrogens with zero attached hydrogens (tertiary/aromatic N) is 1. The van der Waals surface area contributed by atoms with E-state index in [1.165, 1.54) is 21.1 Å². The van der Waals surface area contributed by atoms with Crippen LogP contribution in [0.2, 0.25) is 0 Å². The number of amides is 1. The van der Waals surface area contributed by atoms with E-state index < -0.39 is 18.0 Å². The van der Waals surface area contributed by atoms with Gasteiger partial charge in [-0.3, -0.25) is 4.79 Å². The number of carbonyl (C=O) groups excluding carboxylic acids is 2. The first kappa shape index (κ1) is 19.3. The van der Waals surface area contributed by atoms with Gasteiger partial charge in [0.1, 0.15) is 11.3 Å². The highest BCUT2D eigenvalue weighted by Crippen LogP contribution is 2.29. The highest BCUT2D eigenvalue weighted by molar-refractivity contribution is 5.98. The van der Waals surface area contributed by atoms with Crippen molar-refractivity contribution in [2.75, 3.05) is 19.5 Å². The second kappa shape index (κ2) is 8.37. The van der Waals surface area contributed by atoms with Gasteiger partial charge in [0.15, 0.2) is 17.6 Å². The van der Waals surface area contributed by atoms with Crippen LogP contribution in [-0.4, -0.2) is 37.4 Å². The molecule has 2 rings (SSSR count). The summed E-state index contributed by atoms with van der Waals surface area (Å²) >= 11 is 0. The topological polar surface area (TPSA) is 99.9 Å². The molecule has 8 nitrogen and oxygen atoms in total. The molecule has 1 N–H and O–H groups in total. The predicted molar refractivity (Wildman–Crippen MR) is 93.7 cm³/mol. The summed E-state index contributed by atoms with van der Waals surface area (Å²) in [4.78, 5) is 24.6. The van der Waals surface area contributed by atoms with Gasteiger partial charge in [-0.25, -0.2) is 4.79 Å². The predicted octanol–water partition coefficient (Wildman–Crippen LogP) is 2.75. The van der Waals surface area contributed by atoms with Gasteiger partial charge in [-0.1, -0.05) is 12.1 Å². The van der Waals surface area contributed by atoms with Crippen LogP contribution in [0.3, 0.4) is 0 Å². The van der Waals surface area contributed by atoms with Crippen LogP contribution < -0.4 is 14.8 Å². The van der Waals surface area contributed by atoms with Gasteiger partial charge in [0, 0.05) is 11.8 Å². The van der Waals surface area contributed by atoms with Crippen molar-refractivity contribution < 1.29 is 28.3 Å². The Balaban J connectivity index is 2.06. The standard InChI is InChI=1S/C18H22N2O6/c1-6-13-16(10(2)26-20-13)18(22)25-11(3)17(21)19-12-7-8-14(23-4)15(9-12)24-5/h7-9,11H,6H2,1-5H3,(H,19,21)/t11-/m1/s1. The van der Waals surface area contributed by atoms with Gasteiger partial charge in [-0.2, -0.15) is 0 Å². The fraction of sp³-hybridized carbons (Fsp3) is 0.389. The average molecular weight is 362 g/mol. The summed E-state index contributed by atoms with van der Waals surface area (Å²) < 4.78 is 20.6. The lowest BCUT2D eigenvalue weighted by Crippen LogP contribution is -2.30. The molecule has 1 aromatic carbocycles. The van der Waals surface area contributed by atoms with Gasteiger partial charge in [0.25, 0.3) is 5.91 Å². The number of esters is 1. The zero-order valence-electron chi connectivity index (χ0n) is 15.4. The maximum Gasteiger partial charge on any atom is 0.344 e. The Morgan fingerprint density at radius 1 is 1.23 bits per heavy atom. The van der Waals surface area contributed by atoms with E-state index in [0.717, 1.165) is 0 Å². The molecule has 0 fully saturated rings. The van der Waals surface area contributed by atoms with Crippen molar-refractivity contribution >= 4 is 17.6 Å². The molecule has 1 amide bonds. The number of benzene rings is 1. The molecular formula is C18H22N2O6. The second-order valence-corrected chi connectivity index (χ2v) is 5.52. The lowest BCUT2D eigenvalue weighted by Gasteiger charge is -2.15. The fourth-order valence-corrected chi connectivity index (χ4v) is 2.35. The molecule has 0 aliphatic carbocycles. The number of anilines is 1. The summed E-state index contributed by atoms with van der Waals surface area (Å²) in [5.74, 6) is 0.260. The molecule has 0 aliphatic rings. The van der Waals surface area contributed by atoms with Crippen molar-refractivity contribution in [3.63, 3.8) is 0 Å². The molecule has 0 bridgehead atoms. The Morgan fingerprint density at radius 3 is 2.54 bits per heavy atom. The van der Waals surface area contributed by atoms with E-state index in [-0.39, 0.29) is 5.56 Å². The summed E-state index contributed by atoms with van der Waals surface area (Å²) in [6, 6.07) is 4.94. The van der Waals surface area contributed by atoms with Crippen molar-refractivity contribution in [2.45, 2.75) is 33.3 Å². The Bertz CT molecular complexity index is 799. The molecule has 26 heavy (non-hydrogen) atoms. The first-order chi connectivity index (χ1) is 12.4. The molecule has 1 aromatic heterocycles. The first-order valence-electron chi connectivity index (χ1n) is 8.10. The van der Waals surface area contributed by atoms with Crippen molar-refractivity contribution in [3.05, 3.63) is 35.2 Å². The second-order valence-electron chi connectivity index (χ2n) is 5.52. The highest BCUT2D eigenvalue weighted by Gasteiger charge is 2.25. The van der Waals surface area contributed by atoms with Crippen LogP contribution in [0.1, 0.15) is 35.7 Å². The lowest BCUT2D eigenvalue weighted by atomic mass is 10.1. The fourth-order valence-electron chi connectivity index (χ4n) is 2.35. The summed E-state index contributed by atoms with van der Waals surface area (Å²) in [6.07, 6.45) is -0.483. The van der Waals surface area contributed by atoms with Crippen LogP contribution >= 0.6 is 0 Å². The number of hydrogen-bond acceptors (Lipinski definition) is 7. The molecule has 2 aromatic rings. The molecule has 0 radical (unpaired) electrons. The molecule has 0 spiro atoms. The minimum atomic E-state index is -1.00. The smallest absolute Gasteiger partial charge is 0.344 e. The van der Waals surface area contributed by atoms with Crippen LogP contribution in [0.4, 0.5) is 5.69 Å². The maximum atomic E-state index is 12.3. The van der Waals surface area contributed by atoms with Crippen molar-refractivity contribution in [1.29, 1.82) is 0 Å². The summed E-state index contributed by atoms with van der Waals surface area (Å²) in [6.45, 7) is 4.96. The summed E-state index contributed by atoms with van der Waals surface area (Å²) in [5.41, 5.74) is 1.25. The quantitative estimate of drug-likeness (QED) is 0.756. The van der Waals surface area contributed by atoms with E-state index in [9.17, 15) is 9.59 Å². The van der Waals surface area contributed by atoms with E-state index in [2.05, 4.69) is 10.5 Å². The molecule has 8 heteroatoms. The molecule has 0 unspecified atom stereocenters. The third kappa shape index (κ3) is 4.14. The lowest BCUT2D eigenvalue weighted by molar-refractivity contribution is -0.123. The average Bonchev–Trinajstić information content (AvgIpc) is 3.02. The third-order valence-electron chi connectivity index (χ3n) is 3.78. The van der Waals surface area contributed by atoms with E-state index in [1.807, 2.05) is 6.92 Å². The Labute approximate surface area is 151 Å². The van der Waals surface area contributed by atoms with Crippen LogP contribution in [0, 0.1) is 6.92 Å². The number of methoxy groups -OCH3 is 2. The van der Waals surface area contributed by atoms with Crippen molar-refractivity contribution in [1.82, 2.24) is 5.16 Å². The normalized spacial score (nSPS) is 11.6. The number of carbonyl (C=O) groups is 2. The minimum absolute atomic E-state index is 0.262. The Kier molecular flexibility index (Phi) is 6.21. The molecule has 0 saturated heterocycles. The molecule has 1 atom stereocenters. The molecule has 0 aliphatic heterocycles. The van der Waals surface area contributed by atoms with Gasteiger partial charge < -0.3 is 24.1 Å². The first-order valence-corrected chi connectivity index (χ1v) is 8.10. The number of nitrogens with one attached hydrogen (secondary N) is 1. The zero-order valence-corrected chi connectivity index (χ0v) is 15.4. The number of rotatable bonds is 7. The van der Waals surface area contributed by atoms with Crippen LogP contribution in [0.15, 0.2) is 22.7 Å². The number of hydrogen-bond donors (Lipinski definition) is 1. The molecular weight excluding hydrogens is 340 g/mol. The number of aryl methyl sites for hydroxylation is 2. The monoisotopic (exact) mass is 362 g/mol. The third-order valence-corrected chi connectivity index (χ3v) is 3.78. The van der Waals surface area contributed by atoms with Gasteiger partial charge in [0.05, 0.1) is 19.9 Å². The van der Waals surface area contributed by atoms with E-state index in [1.54, 1.807) is 25.1 Å². The van der Waals surface area contributed by atoms with Crippen LogP contribution in [-0.2, 0) is 16.0 Å². The van der Waals surface area contributed by atoms with Crippen molar-refractivity contribution in [3.8, 4) is 11.5 Å². The van der Waals surface area contributed by atoms with Gasteiger partial charge in [-0.15, -0.1) is 0 Å².